The number of carbonyl (C=O) groups is 2. The molecule has 1 atom stereocenters. The zero-order valence-electron chi connectivity index (χ0n) is 14.4. The molecule has 0 heterocycles. The van der Waals surface area contributed by atoms with Gasteiger partial charge in [-0.3, -0.25) is 9.59 Å². The highest BCUT2D eigenvalue weighted by Gasteiger charge is 2.33. The minimum Gasteiger partial charge on any atom is -0.325 e. The number of alkyl halides is 3. The average molecular weight is 451 g/mol. The van der Waals surface area contributed by atoms with Crippen molar-refractivity contribution in [3.63, 3.8) is 0 Å². The molecule has 0 radical (unpaired) electrons. The van der Waals surface area contributed by atoms with E-state index in [9.17, 15) is 22.8 Å². The molecule has 2 amide bonds. The summed E-state index contributed by atoms with van der Waals surface area (Å²) < 4.78 is 39.0. The molecule has 0 bridgehead atoms. The number of thioether (sulfide) groups is 1. The van der Waals surface area contributed by atoms with Crippen molar-refractivity contribution in [3.8, 4) is 0 Å². The largest absolute Gasteiger partial charge is 0.418 e. The standard InChI is InChI=1S/C18H15Cl2F3N2O2S/c1-10(9-28-17(27)24-11-6-7-13(19)14(20)8-11)16(26)25-15-5-3-2-4-12(15)18(21,22)23/h2-8,10H,9H2,1H3,(H,24,27)(H,25,26). The van der Waals surface area contributed by atoms with E-state index in [0.717, 1.165) is 17.8 Å². The van der Waals surface area contributed by atoms with E-state index in [-0.39, 0.29) is 16.5 Å². The summed E-state index contributed by atoms with van der Waals surface area (Å²) in [5, 5.41) is 5.04. The van der Waals surface area contributed by atoms with Gasteiger partial charge in [0.05, 0.1) is 21.3 Å². The molecule has 2 aromatic rings. The second kappa shape index (κ2) is 9.54. The van der Waals surface area contributed by atoms with Crippen LogP contribution in [-0.4, -0.2) is 16.9 Å². The molecular formula is C18H15Cl2F3N2O2S. The summed E-state index contributed by atoms with van der Waals surface area (Å²) in [4.78, 5) is 24.2. The van der Waals surface area contributed by atoms with E-state index in [1.54, 1.807) is 6.07 Å². The van der Waals surface area contributed by atoms with E-state index >= 15 is 0 Å². The molecule has 0 aliphatic carbocycles. The number of benzene rings is 2. The van der Waals surface area contributed by atoms with Gasteiger partial charge < -0.3 is 10.6 Å². The molecule has 0 spiro atoms. The lowest BCUT2D eigenvalue weighted by Gasteiger charge is -2.16. The molecule has 10 heteroatoms. The van der Waals surface area contributed by atoms with Gasteiger partial charge in [-0.1, -0.05) is 54.0 Å². The predicted octanol–water partition coefficient (Wildman–Crippen LogP) is 6.55. The van der Waals surface area contributed by atoms with Gasteiger partial charge >= 0.3 is 6.18 Å². The van der Waals surface area contributed by atoms with Crippen LogP contribution in [0.1, 0.15) is 12.5 Å². The van der Waals surface area contributed by atoms with Crippen molar-refractivity contribution in [2.75, 3.05) is 16.4 Å². The van der Waals surface area contributed by atoms with Crippen molar-refractivity contribution < 1.29 is 22.8 Å². The smallest absolute Gasteiger partial charge is 0.325 e. The normalized spacial score (nSPS) is 12.4. The summed E-state index contributed by atoms with van der Waals surface area (Å²) in [6, 6.07) is 9.28. The van der Waals surface area contributed by atoms with Crippen molar-refractivity contribution in [3.05, 3.63) is 58.1 Å². The zero-order chi connectivity index (χ0) is 20.9. The molecule has 0 aliphatic heterocycles. The maximum Gasteiger partial charge on any atom is 0.418 e. The monoisotopic (exact) mass is 450 g/mol. The topological polar surface area (TPSA) is 58.2 Å². The molecule has 4 nitrogen and oxygen atoms in total. The highest BCUT2D eigenvalue weighted by Crippen LogP contribution is 2.34. The lowest BCUT2D eigenvalue weighted by Crippen LogP contribution is -2.24. The maximum atomic E-state index is 13.0. The first-order chi connectivity index (χ1) is 13.1. The Morgan fingerprint density at radius 3 is 2.39 bits per heavy atom. The third-order valence-electron chi connectivity index (χ3n) is 3.57. The highest BCUT2D eigenvalue weighted by molar-refractivity contribution is 8.13. The van der Waals surface area contributed by atoms with Gasteiger partial charge in [-0.05, 0) is 30.3 Å². The second-order valence-electron chi connectivity index (χ2n) is 5.79. The van der Waals surface area contributed by atoms with Gasteiger partial charge in [0.1, 0.15) is 0 Å². The molecule has 28 heavy (non-hydrogen) atoms. The van der Waals surface area contributed by atoms with Crippen LogP contribution in [-0.2, 0) is 11.0 Å². The number of para-hydroxylation sites is 1. The summed E-state index contributed by atoms with van der Waals surface area (Å²) in [6.07, 6.45) is -4.58. The Morgan fingerprint density at radius 2 is 1.75 bits per heavy atom. The van der Waals surface area contributed by atoms with Crippen LogP contribution in [0.4, 0.5) is 29.3 Å². The third kappa shape index (κ3) is 6.32. The van der Waals surface area contributed by atoms with Gasteiger partial charge in [0.25, 0.3) is 5.24 Å². The average Bonchev–Trinajstić information content (AvgIpc) is 2.62. The first-order valence-electron chi connectivity index (χ1n) is 7.94. The highest BCUT2D eigenvalue weighted by atomic mass is 35.5. The summed E-state index contributed by atoms with van der Waals surface area (Å²) in [6.45, 7) is 1.52. The minimum absolute atomic E-state index is 0.0766. The Labute approximate surface area is 173 Å². The van der Waals surface area contributed by atoms with Crippen LogP contribution in [0.15, 0.2) is 42.5 Å². The first-order valence-corrected chi connectivity index (χ1v) is 9.68. The van der Waals surface area contributed by atoms with Crippen LogP contribution in [0, 0.1) is 5.92 Å². The second-order valence-corrected chi connectivity index (χ2v) is 7.59. The van der Waals surface area contributed by atoms with Gasteiger partial charge in [-0.25, -0.2) is 0 Å². The number of amides is 2. The van der Waals surface area contributed by atoms with Crippen molar-refractivity contribution in [2.45, 2.75) is 13.1 Å². The van der Waals surface area contributed by atoms with Crippen LogP contribution < -0.4 is 10.6 Å². The third-order valence-corrected chi connectivity index (χ3v) is 5.34. The zero-order valence-corrected chi connectivity index (χ0v) is 16.8. The quantitative estimate of drug-likeness (QED) is 0.542. The molecule has 0 aromatic heterocycles. The van der Waals surface area contributed by atoms with E-state index in [4.69, 9.17) is 23.2 Å². The van der Waals surface area contributed by atoms with Crippen LogP contribution in [0.25, 0.3) is 0 Å². The van der Waals surface area contributed by atoms with Gasteiger partial charge in [0.15, 0.2) is 0 Å². The number of rotatable bonds is 5. The van der Waals surface area contributed by atoms with Crippen molar-refractivity contribution in [1.82, 2.24) is 0 Å². The number of hydrogen-bond donors (Lipinski definition) is 2. The molecule has 0 saturated heterocycles. The predicted molar refractivity (Wildman–Crippen MR) is 107 cm³/mol. The molecule has 2 aromatic carbocycles. The van der Waals surface area contributed by atoms with Crippen molar-refractivity contribution in [2.24, 2.45) is 5.92 Å². The van der Waals surface area contributed by atoms with Gasteiger partial charge in [-0.15, -0.1) is 0 Å². The van der Waals surface area contributed by atoms with Crippen molar-refractivity contribution >= 4 is 57.5 Å². The maximum absolute atomic E-state index is 13.0. The number of carbonyl (C=O) groups excluding carboxylic acids is 2. The molecule has 1 unspecified atom stereocenters. The lowest BCUT2D eigenvalue weighted by molar-refractivity contribution is -0.137. The summed E-state index contributed by atoms with van der Waals surface area (Å²) >= 11 is 12.5. The molecule has 2 rings (SSSR count). The Hall–Kier alpha value is -1.90. The Balaban J connectivity index is 1.91. The first kappa shape index (κ1) is 22.4. The number of anilines is 2. The van der Waals surface area contributed by atoms with E-state index < -0.39 is 28.8 Å². The molecule has 0 fully saturated rings. The van der Waals surface area contributed by atoms with E-state index in [1.165, 1.54) is 37.3 Å². The fourth-order valence-corrected chi connectivity index (χ4v) is 3.14. The van der Waals surface area contributed by atoms with Crippen LogP contribution in [0.5, 0.6) is 0 Å². The lowest BCUT2D eigenvalue weighted by atomic mass is 10.1. The molecule has 0 saturated carbocycles. The van der Waals surface area contributed by atoms with Crippen LogP contribution in [0.2, 0.25) is 10.0 Å². The van der Waals surface area contributed by atoms with Gasteiger partial charge in [0, 0.05) is 17.4 Å². The molecule has 0 aliphatic rings. The Kier molecular flexibility index (Phi) is 7.63. The molecule has 2 N–H and O–H groups in total. The Morgan fingerprint density at radius 1 is 1.07 bits per heavy atom. The van der Waals surface area contributed by atoms with E-state index in [0.29, 0.717) is 10.7 Å². The fraction of sp³-hybridized carbons (Fsp3) is 0.222. The summed E-state index contributed by atoms with van der Waals surface area (Å²) in [7, 11) is 0. The van der Waals surface area contributed by atoms with Crippen molar-refractivity contribution in [1.29, 1.82) is 0 Å². The summed E-state index contributed by atoms with van der Waals surface area (Å²) in [5.74, 6) is -1.25. The molecule has 150 valence electrons. The van der Waals surface area contributed by atoms with Crippen LogP contribution >= 0.6 is 35.0 Å². The van der Waals surface area contributed by atoms with Gasteiger partial charge in [-0.2, -0.15) is 13.2 Å². The Bertz CT molecular complexity index is 878. The number of halogens is 5. The minimum atomic E-state index is -4.58. The summed E-state index contributed by atoms with van der Waals surface area (Å²) in [5.41, 5.74) is -0.819. The molecular weight excluding hydrogens is 436 g/mol. The fourth-order valence-electron chi connectivity index (χ4n) is 2.10. The van der Waals surface area contributed by atoms with E-state index in [1.807, 2.05) is 0 Å². The number of nitrogens with one attached hydrogen (secondary N) is 2. The van der Waals surface area contributed by atoms with Crippen LogP contribution in [0.3, 0.4) is 0 Å². The van der Waals surface area contributed by atoms with E-state index in [2.05, 4.69) is 10.6 Å². The SMILES string of the molecule is CC(CSC(=O)Nc1ccc(Cl)c(Cl)c1)C(=O)Nc1ccccc1C(F)(F)F. The number of hydrogen-bond acceptors (Lipinski definition) is 3. The van der Waals surface area contributed by atoms with Gasteiger partial charge in [0.2, 0.25) is 5.91 Å².